The smallest absolute Gasteiger partial charge is 0.337 e. The van der Waals surface area contributed by atoms with Crippen LogP contribution in [0.4, 0.5) is 5.95 Å². The molecule has 0 radical (unpaired) electrons. The van der Waals surface area contributed by atoms with Gasteiger partial charge in [0.25, 0.3) is 11.8 Å². The summed E-state index contributed by atoms with van der Waals surface area (Å²) in [6.45, 7) is 0.393. The molecular weight excluding hydrogens is 567 g/mol. The van der Waals surface area contributed by atoms with Crippen molar-refractivity contribution in [3.8, 4) is 22.7 Å². The van der Waals surface area contributed by atoms with Crippen LogP contribution in [0.3, 0.4) is 0 Å². The van der Waals surface area contributed by atoms with Crippen molar-refractivity contribution < 1.29 is 23.3 Å². The van der Waals surface area contributed by atoms with Gasteiger partial charge in [0.2, 0.25) is 0 Å². The second kappa shape index (κ2) is 10.8. The molecule has 2 unspecified atom stereocenters. The number of piperidine rings is 1. The van der Waals surface area contributed by atoms with Crippen molar-refractivity contribution in [1.29, 1.82) is 0 Å². The van der Waals surface area contributed by atoms with Crippen LogP contribution in [0.1, 0.15) is 66.1 Å². The summed E-state index contributed by atoms with van der Waals surface area (Å²) in [6, 6.07) is 12.9. The Kier molecular flexibility index (Phi) is 6.97. The summed E-state index contributed by atoms with van der Waals surface area (Å²) in [5.74, 6) is 1.88. The summed E-state index contributed by atoms with van der Waals surface area (Å²) in [7, 11) is 1.36. The number of ether oxygens (including phenoxy) is 2. The maximum Gasteiger partial charge on any atom is 0.337 e. The Labute approximate surface area is 246 Å². The molecule has 1 aliphatic carbocycles. The minimum Gasteiger partial charge on any atom is -0.465 e. The minimum absolute atomic E-state index is 0.0810. The fourth-order valence-electron chi connectivity index (χ4n) is 6.14. The zero-order valence-electron chi connectivity index (χ0n) is 22.4. The number of benzene rings is 2. The van der Waals surface area contributed by atoms with Gasteiger partial charge in [-0.25, -0.2) is 4.79 Å². The topological polar surface area (TPSA) is 104 Å². The molecule has 0 N–H and O–H groups in total. The molecule has 2 saturated heterocycles. The first-order chi connectivity index (χ1) is 20.0. The number of esters is 1. The van der Waals surface area contributed by atoms with E-state index in [2.05, 4.69) is 15.2 Å². The molecule has 41 heavy (non-hydrogen) atoms. The van der Waals surface area contributed by atoms with Gasteiger partial charge in [0, 0.05) is 34.7 Å². The lowest BCUT2D eigenvalue weighted by atomic mass is 9.99. The number of hydrogen-bond acceptors (Lipinski definition) is 9. The van der Waals surface area contributed by atoms with Crippen LogP contribution in [-0.2, 0) is 16.1 Å². The van der Waals surface area contributed by atoms with Crippen LogP contribution in [0.5, 0.6) is 0 Å². The van der Waals surface area contributed by atoms with Gasteiger partial charge in [-0.2, -0.15) is 4.98 Å². The van der Waals surface area contributed by atoms with Crippen LogP contribution in [-0.4, -0.2) is 46.6 Å². The zero-order chi connectivity index (χ0) is 28.1. The summed E-state index contributed by atoms with van der Waals surface area (Å²) in [6.07, 6.45) is 6.07. The Morgan fingerprint density at radius 1 is 0.976 bits per heavy atom. The van der Waals surface area contributed by atoms with E-state index in [0.29, 0.717) is 51.2 Å². The standard InChI is InChI=1S/C30H28Cl2N4O5/c1-38-29(37)18-9-7-17(8-10-18)28-33-30(35-41-28)36-19-11-12-20(36)14-21(13-19)39-15-22-26(34-40-27(22)16-5-6-16)25-23(31)3-2-4-24(25)32/h2-4,7-10,16,19-21H,5-6,11-15H2,1H3. The summed E-state index contributed by atoms with van der Waals surface area (Å²) in [5.41, 5.74) is 3.51. The highest BCUT2D eigenvalue weighted by Gasteiger charge is 2.43. The molecule has 4 heterocycles. The SMILES string of the molecule is COC(=O)c1ccc(-c2nc(N3C4CCC3CC(OCc3c(-c5c(Cl)cccc5Cl)noc3C3CC3)C4)no2)cc1. The van der Waals surface area contributed by atoms with Crippen molar-refractivity contribution in [3.05, 3.63) is 69.4 Å². The number of fused-ring (bicyclic) bond motifs is 2. The van der Waals surface area contributed by atoms with Crippen LogP contribution in [0.2, 0.25) is 10.0 Å². The Bertz CT molecular complexity index is 1550. The Morgan fingerprint density at radius 3 is 2.34 bits per heavy atom. The van der Waals surface area contributed by atoms with E-state index in [1.165, 1.54) is 7.11 Å². The van der Waals surface area contributed by atoms with E-state index in [9.17, 15) is 4.79 Å². The summed E-state index contributed by atoms with van der Waals surface area (Å²) in [4.78, 5) is 18.7. The number of methoxy groups -OCH3 is 1. The van der Waals surface area contributed by atoms with Crippen molar-refractivity contribution in [2.24, 2.45) is 0 Å². The maximum atomic E-state index is 11.7. The fraction of sp³-hybridized carbons (Fsp3) is 0.400. The lowest BCUT2D eigenvalue weighted by molar-refractivity contribution is 0.0144. The number of aromatic nitrogens is 3. The first kappa shape index (κ1) is 26.5. The van der Waals surface area contributed by atoms with Gasteiger partial charge in [0.15, 0.2) is 0 Å². The van der Waals surface area contributed by atoms with Crippen LogP contribution in [0.25, 0.3) is 22.7 Å². The number of carbonyl (C=O) groups is 1. The third-order valence-corrected chi connectivity index (χ3v) is 8.95. The van der Waals surface area contributed by atoms with Crippen molar-refractivity contribution in [1.82, 2.24) is 15.3 Å². The number of anilines is 1. The van der Waals surface area contributed by atoms with Gasteiger partial charge >= 0.3 is 5.97 Å². The molecule has 0 amide bonds. The highest BCUT2D eigenvalue weighted by Crippen LogP contribution is 2.47. The molecule has 2 aromatic carbocycles. The van der Waals surface area contributed by atoms with Gasteiger partial charge in [-0.3, -0.25) is 0 Å². The largest absolute Gasteiger partial charge is 0.465 e. The quantitative estimate of drug-likeness (QED) is 0.198. The molecule has 2 bridgehead atoms. The number of rotatable bonds is 8. The zero-order valence-corrected chi connectivity index (χ0v) is 23.9. The number of halogens is 2. The van der Waals surface area contributed by atoms with Gasteiger partial charge in [-0.1, -0.05) is 34.4 Å². The molecule has 2 atom stereocenters. The number of nitrogens with zero attached hydrogens (tertiary/aromatic N) is 4. The van der Waals surface area contributed by atoms with Crippen LogP contribution < -0.4 is 4.90 Å². The van der Waals surface area contributed by atoms with Crippen molar-refractivity contribution in [2.75, 3.05) is 12.0 Å². The Hall–Kier alpha value is -3.40. The third kappa shape index (κ3) is 5.00. The van der Waals surface area contributed by atoms with E-state index < -0.39 is 0 Å². The van der Waals surface area contributed by atoms with Gasteiger partial charge in [0.05, 0.1) is 35.4 Å². The van der Waals surface area contributed by atoms with Gasteiger partial charge in [-0.05, 0) is 80.1 Å². The third-order valence-electron chi connectivity index (χ3n) is 8.32. The predicted octanol–water partition coefficient (Wildman–Crippen LogP) is 7.08. The van der Waals surface area contributed by atoms with Crippen LogP contribution in [0, 0.1) is 0 Å². The average Bonchev–Trinajstić information content (AvgIpc) is 3.45. The Balaban J connectivity index is 1.05. The first-order valence-electron chi connectivity index (χ1n) is 13.9. The fourth-order valence-corrected chi connectivity index (χ4v) is 6.72. The number of carbonyl (C=O) groups excluding carboxylic acids is 1. The van der Waals surface area contributed by atoms with E-state index in [1.807, 2.05) is 18.2 Å². The first-order valence-corrected chi connectivity index (χ1v) is 14.6. The second-order valence-corrected chi connectivity index (χ2v) is 11.7. The molecule has 212 valence electrons. The lowest BCUT2D eigenvalue weighted by Crippen LogP contribution is -2.46. The molecule has 2 aromatic heterocycles. The van der Waals surface area contributed by atoms with Crippen molar-refractivity contribution >= 4 is 35.1 Å². The number of hydrogen-bond donors (Lipinski definition) is 0. The second-order valence-electron chi connectivity index (χ2n) is 10.9. The highest BCUT2D eigenvalue weighted by molar-refractivity contribution is 6.39. The van der Waals surface area contributed by atoms with Crippen molar-refractivity contribution in [3.63, 3.8) is 0 Å². The normalized spacial score (nSPS) is 21.8. The molecule has 3 fully saturated rings. The summed E-state index contributed by atoms with van der Waals surface area (Å²) < 4.78 is 22.7. The summed E-state index contributed by atoms with van der Waals surface area (Å²) >= 11 is 13.1. The van der Waals surface area contributed by atoms with E-state index in [-0.39, 0.29) is 24.2 Å². The monoisotopic (exact) mass is 594 g/mol. The van der Waals surface area contributed by atoms with E-state index >= 15 is 0 Å². The van der Waals surface area contributed by atoms with Gasteiger partial charge < -0.3 is 23.4 Å². The van der Waals surface area contributed by atoms with E-state index in [1.54, 1.807) is 24.3 Å². The van der Waals surface area contributed by atoms with Crippen molar-refractivity contribution in [2.45, 2.75) is 69.2 Å². The molecule has 11 heteroatoms. The van der Waals surface area contributed by atoms with E-state index in [4.69, 9.17) is 46.7 Å². The molecule has 9 nitrogen and oxygen atoms in total. The van der Waals surface area contributed by atoms with Crippen LogP contribution >= 0.6 is 23.2 Å². The van der Waals surface area contributed by atoms with E-state index in [0.717, 1.165) is 55.4 Å². The molecule has 7 rings (SSSR count). The molecule has 2 aliphatic heterocycles. The summed E-state index contributed by atoms with van der Waals surface area (Å²) in [5, 5.41) is 9.78. The molecule has 4 aromatic rings. The highest BCUT2D eigenvalue weighted by atomic mass is 35.5. The van der Waals surface area contributed by atoms with Gasteiger partial charge in [-0.15, -0.1) is 0 Å². The molecule has 3 aliphatic rings. The molecular formula is C30H28Cl2N4O5. The average molecular weight is 595 g/mol. The minimum atomic E-state index is -0.388. The van der Waals surface area contributed by atoms with Gasteiger partial charge in [0.1, 0.15) is 11.5 Å². The molecule has 0 spiro atoms. The predicted molar refractivity (Wildman–Crippen MR) is 152 cm³/mol. The maximum absolute atomic E-state index is 11.7. The van der Waals surface area contributed by atoms with Crippen LogP contribution in [0.15, 0.2) is 51.5 Å². The Morgan fingerprint density at radius 2 is 1.68 bits per heavy atom. The lowest BCUT2D eigenvalue weighted by Gasteiger charge is -2.37. The molecule has 1 saturated carbocycles.